The second-order valence-corrected chi connectivity index (χ2v) is 15.6. The predicted molar refractivity (Wildman–Crippen MR) is 146 cm³/mol. The number of rotatable bonds is 1. The van der Waals surface area contributed by atoms with Crippen LogP contribution in [0.2, 0.25) is 0 Å². The summed E-state index contributed by atoms with van der Waals surface area (Å²) in [7, 11) is 0. The summed E-state index contributed by atoms with van der Waals surface area (Å²) in [6, 6.07) is 22.5. The van der Waals surface area contributed by atoms with Crippen molar-refractivity contribution < 1.29 is 9.07 Å². The van der Waals surface area contributed by atoms with Crippen LogP contribution in [0.1, 0.15) is 24.5 Å². The van der Waals surface area contributed by atoms with Gasteiger partial charge in [0.05, 0.1) is 0 Å². The van der Waals surface area contributed by atoms with Gasteiger partial charge in [-0.2, -0.15) is 0 Å². The van der Waals surface area contributed by atoms with Crippen LogP contribution in [-0.2, 0) is 0 Å². The third-order valence-electron chi connectivity index (χ3n) is 8.66. The SMILES string of the molecule is C=C1CCP23(C)c4c(ccc5ccc(/C=C\C)c1c45)Oc1ccc4ccc5ccc[n+]2c5c4c13. The van der Waals surface area contributed by atoms with E-state index in [0.29, 0.717) is 0 Å². The van der Waals surface area contributed by atoms with E-state index in [0.717, 1.165) is 24.1 Å². The van der Waals surface area contributed by atoms with Gasteiger partial charge in [-0.05, 0) is 0 Å². The average Bonchev–Trinajstić information content (AvgIpc) is 3.04. The molecular weight excluding hydrogens is 433 g/mol. The minimum atomic E-state index is -2.91. The van der Waals surface area contributed by atoms with Gasteiger partial charge < -0.3 is 0 Å². The summed E-state index contributed by atoms with van der Waals surface area (Å²) in [6.45, 7) is 6.43. The van der Waals surface area contributed by atoms with Gasteiger partial charge in [0.1, 0.15) is 0 Å². The van der Waals surface area contributed by atoms with E-state index in [9.17, 15) is 0 Å². The monoisotopic (exact) mass is 458 g/mol. The summed E-state index contributed by atoms with van der Waals surface area (Å²) in [5, 5.41) is 9.47. The zero-order valence-electron chi connectivity index (χ0n) is 19.4. The molecular formula is C31H25NOP+. The number of hydrogen-bond acceptors (Lipinski definition) is 1. The summed E-state index contributed by atoms with van der Waals surface area (Å²) in [6.07, 6.45) is 8.75. The van der Waals surface area contributed by atoms with Crippen molar-refractivity contribution in [3.8, 4) is 11.5 Å². The van der Waals surface area contributed by atoms with Crippen molar-refractivity contribution in [1.82, 2.24) is 0 Å². The average molecular weight is 459 g/mol. The van der Waals surface area contributed by atoms with E-state index in [1.165, 1.54) is 59.8 Å². The molecule has 3 aliphatic heterocycles. The third kappa shape index (κ3) is 1.83. The first-order valence-electron chi connectivity index (χ1n) is 12.1. The second kappa shape index (κ2) is 5.77. The van der Waals surface area contributed by atoms with Crippen molar-refractivity contribution in [3.63, 3.8) is 0 Å². The van der Waals surface area contributed by atoms with E-state index < -0.39 is 6.75 Å². The zero-order chi connectivity index (χ0) is 22.8. The number of allylic oxidation sites excluding steroid dienone is 2. The molecule has 1 spiro atoms. The van der Waals surface area contributed by atoms with Gasteiger partial charge in [-0.1, -0.05) is 0 Å². The summed E-state index contributed by atoms with van der Waals surface area (Å²) in [5.74, 6) is 2.06. The molecule has 2 nitrogen and oxygen atoms in total. The molecule has 0 bridgehead atoms. The molecule has 0 N–H and O–H groups in total. The van der Waals surface area contributed by atoms with Crippen molar-refractivity contribution in [2.45, 2.75) is 13.3 Å². The van der Waals surface area contributed by atoms with Crippen LogP contribution in [0.15, 0.2) is 79.5 Å². The van der Waals surface area contributed by atoms with Crippen molar-refractivity contribution in [1.29, 1.82) is 0 Å². The number of nitrogens with zero attached hydrogens (tertiary/aromatic N) is 1. The molecule has 164 valence electrons. The molecule has 0 atom stereocenters. The van der Waals surface area contributed by atoms with Crippen LogP contribution in [0.25, 0.3) is 44.1 Å². The van der Waals surface area contributed by atoms with Gasteiger partial charge in [-0.25, -0.2) is 0 Å². The molecule has 34 heavy (non-hydrogen) atoms. The Morgan fingerprint density at radius 3 is 2.35 bits per heavy atom. The van der Waals surface area contributed by atoms with Crippen LogP contribution in [0.4, 0.5) is 0 Å². The Labute approximate surface area is 198 Å². The molecule has 4 heterocycles. The van der Waals surface area contributed by atoms with Crippen LogP contribution in [-0.4, -0.2) is 12.8 Å². The van der Waals surface area contributed by atoms with Gasteiger partial charge in [-0.3, -0.25) is 0 Å². The van der Waals surface area contributed by atoms with E-state index in [-0.39, 0.29) is 0 Å². The first-order chi connectivity index (χ1) is 16.5. The Hall–Kier alpha value is -3.48. The Balaban J connectivity index is 1.70. The van der Waals surface area contributed by atoms with Gasteiger partial charge in [0.2, 0.25) is 0 Å². The normalized spacial score (nSPS) is 19.5. The molecule has 5 aromatic rings. The minimum absolute atomic E-state index is 0.972. The number of ether oxygens (including phenoxy) is 1. The van der Waals surface area contributed by atoms with Crippen LogP contribution in [0.3, 0.4) is 0 Å². The molecule has 0 radical (unpaired) electrons. The first kappa shape index (κ1) is 18.9. The van der Waals surface area contributed by atoms with Crippen LogP contribution < -0.4 is 19.7 Å². The van der Waals surface area contributed by atoms with Gasteiger partial charge in [-0.15, -0.1) is 0 Å². The summed E-state index contributed by atoms with van der Waals surface area (Å²) in [5.41, 5.74) is 5.16. The Morgan fingerprint density at radius 1 is 0.882 bits per heavy atom. The fourth-order valence-electron chi connectivity index (χ4n) is 7.26. The quantitative estimate of drug-likeness (QED) is 0.197. The molecule has 4 aromatic carbocycles. The summed E-state index contributed by atoms with van der Waals surface area (Å²) < 4.78 is 9.49. The zero-order valence-corrected chi connectivity index (χ0v) is 20.3. The van der Waals surface area contributed by atoms with Crippen molar-refractivity contribution in [2.24, 2.45) is 0 Å². The van der Waals surface area contributed by atoms with Crippen molar-refractivity contribution in [3.05, 3.63) is 90.6 Å². The topological polar surface area (TPSA) is 13.1 Å². The molecule has 3 heteroatoms. The maximum absolute atomic E-state index is 6.78. The van der Waals surface area contributed by atoms with Crippen LogP contribution >= 0.6 is 6.75 Å². The van der Waals surface area contributed by atoms with Gasteiger partial charge in [0.15, 0.2) is 0 Å². The third-order valence-corrected chi connectivity index (χ3v) is 14.7. The van der Waals surface area contributed by atoms with E-state index in [1.807, 2.05) is 0 Å². The molecule has 1 aromatic heterocycles. The molecule has 3 aliphatic rings. The van der Waals surface area contributed by atoms with E-state index in [2.05, 4.69) is 104 Å². The summed E-state index contributed by atoms with van der Waals surface area (Å²) in [4.78, 5) is 0. The molecule has 0 aliphatic carbocycles. The fraction of sp³-hybridized carbons (Fsp3) is 0.129. The molecule has 0 saturated carbocycles. The number of pyridine rings is 1. The van der Waals surface area contributed by atoms with E-state index >= 15 is 0 Å². The molecule has 0 amide bonds. The van der Waals surface area contributed by atoms with Crippen LogP contribution in [0, 0.1) is 0 Å². The van der Waals surface area contributed by atoms with E-state index in [1.54, 1.807) is 0 Å². The Morgan fingerprint density at radius 2 is 1.56 bits per heavy atom. The van der Waals surface area contributed by atoms with Crippen LogP contribution in [0.5, 0.6) is 11.5 Å². The maximum atomic E-state index is 6.78. The molecule has 8 rings (SSSR count). The van der Waals surface area contributed by atoms with Gasteiger partial charge in [0.25, 0.3) is 0 Å². The molecule has 0 saturated heterocycles. The van der Waals surface area contributed by atoms with Crippen molar-refractivity contribution >= 4 is 61.5 Å². The number of aromatic nitrogens is 1. The summed E-state index contributed by atoms with van der Waals surface area (Å²) >= 11 is 0. The number of benzene rings is 4. The van der Waals surface area contributed by atoms with Gasteiger partial charge in [0, 0.05) is 0 Å². The number of hydrogen-bond donors (Lipinski definition) is 0. The fourth-order valence-corrected chi connectivity index (χ4v) is 13.7. The predicted octanol–water partition coefficient (Wildman–Crippen LogP) is 6.90. The Bertz CT molecular complexity index is 1850. The standard InChI is InChI=1S/C31H25NOP/c1-4-6-20-8-9-21-12-14-24-30-27(21)26(20)19(2)16-18-34(30,3)31-25(33-24)15-13-22-10-11-23-7-5-17-32(34)29(23)28(22)31/h4-15,17H,2,16,18H2,1,3H3/q+1/b6-4-. The first-order valence-corrected chi connectivity index (χ1v) is 14.9. The van der Waals surface area contributed by atoms with Gasteiger partial charge >= 0.3 is 199 Å². The molecule has 0 fully saturated rings. The Kier molecular flexibility index (Phi) is 3.21. The second-order valence-electron chi connectivity index (χ2n) is 10.3. The van der Waals surface area contributed by atoms with Crippen molar-refractivity contribution in [2.75, 3.05) is 12.8 Å². The van der Waals surface area contributed by atoms with E-state index in [4.69, 9.17) is 4.74 Å². The molecule has 0 unspecified atom stereocenters.